The molecule has 0 radical (unpaired) electrons. The van der Waals surface area contributed by atoms with Crippen LogP contribution in [0.5, 0.6) is 5.75 Å². The molecule has 0 bridgehead atoms. The van der Waals surface area contributed by atoms with Crippen molar-refractivity contribution in [1.82, 2.24) is 9.55 Å². The van der Waals surface area contributed by atoms with E-state index in [4.69, 9.17) is 0 Å². The van der Waals surface area contributed by atoms with E-state index in [1.807, 2.05) is 36.6 Å². The number of carbonyl (C=O) groups is 1. The predicted molar refractivity (Wildman–Crippen MR) is 120 cm³/mol. The largest absolute Gasteiger partial charge is 0.573 e. The van der Waals surface area contributed by atoms with Crippen LogP contribution in [0.4, 0.5) is 18.9 Å². The molecule has 0 unspecified atom stereocenters. The Balaban J connectivity index is 1.52. The van der Waals surface area contributed by atoms with Gasteiger partial charge in [-0.2, -0.15) is 0 Å². The van der Waals surface area contributed by atoms with Gasteiger partial charge in [0.1, 0.15) is 4.83 Å². The lowest BCUT2D eigenvalue weighted by Gasteiger charge is -2.14. The van der Waals surface area contributed by atoms with Gasteiger partial charge in [-0.3, -0.25) is 14.2 Å². The zero-order chi connectivity index (χ0) is 23.6. The number of nitrogens with one attached hydrogen (secondary N) is 1. The third-order valence-corrected chi connectivity index (χ3v) is 5.78. The van der Waals surface area contributed by atoms with Crippen LogP contribution in [0.15, 0.2) is 65.0 Å². The van der Waals surface area contributed by atoms with Gasteiger partial charge in [0.15, 0.2) is 5.75 Å². The number of amides is 1. The van der Waals surface area contributed by atoms with Crippen LogP contribution in [0.1, 0.15) is 12.0 Å². The maximum Gasteiger partial charge on any atom is 0.573 e. The average molecular weight is 473 g/mol. The molecule has 170 valence electrons. The lowest BCUT2D eigenvalue weighted by Crippen LogP contribution is -2.24. The third kappa shape index (κ3) is 5.23. The molecule has 6 nitrogen and oxygen atoms in total. The minimum absolute atomic E-state index is 0.0130. The minimum atomic E-state index is -4.88. The van der Waals surface area contributed by atoms with Gasteiger partial charge in [0.2, 0.25) is 5.91 Å². The number of alkyl halides is 3. The van der Waals surface area contributed by atoms with E-state index in [0.717, 1.165) is 22.8 Å². The molecule has 0 saturated carbocycles. The molecular weight excluding hydrogens is 455 g/mol. The van der Waals surface area contributed by atoms with E-state index in [0.29, 0.717) is 10.2 Å². The average Bonchev–Trinajstić information content (AvgIpc) is 3.19. The summed E-state index contributed by atoms with van der Waals surface area (Å²) in [6.07, 6.45) is -3.66. The molecule has 0 aliphatic carbocycles. The summed E-state index contributed by atoms with van der Waals surface area (Å²) in [7, 11) is 0. The van der Waals surface area contributed by atoms with Crippen molar-refractivity contribution >= 4 is 33.1 Å². The lowest BCUT2D eigenvalue weighted by molar-refractivity contribution is -0.274. The number of hydrogen-bond acceptors (Lipinski definition) is 5. The normalized spacial score (nSPS) is 11.5. The first-order chi connectivity index (χ1) is 15.7. The van der Waals surface area contributed by atoms with E-state index in [9.17, 15) is 22.8 Å². The molecule has 33 heavy (non-hydrogen) atoms. The summed E-state index contributed by atoms with van der Waals surface area (Å²) in [5, 5.41) is 4.74. The maximum absolute atomic E-state index is 13.1. The second-order valence-corrected chi connectivity index (χ2v) is 8.14. The lowest BCUT2D eigenvalue weighted by atomic mass is 10.1. The number of halogens is 3. The second kappa shape index (κ2) is 9.07. The van der Waals surface area contributed by atoms with Gasteiger partial charge in [-0.05, 0) is 24.6 Å². The van der Waals surface area contributed by atoms with Gasteiger partial charge in [-0.25, -0.2) is 4.98 Å². The number of aryl methyl sites for hydroxylation is 2. The summed E-state index contributed by atoms with van der Waals surface area (Å²) in [6.45, 7) is 1.99. The van der Waals surface area contributed by atoms with Gasteiger partial charge >= 0.3 is 6.36 Å². The highest BCUT2D eigenvalue weighted by Crippen LogP contribution is 2.31. The van der Waals surface area contributed by atoms with Crippen molar-refractivity contribution in [1.29, 1.82) is 0 Å². The smallest absolute Gasteiger partial charge is 0.404 e. The fourth-order valence-corrected chi connectivity index (χ4v) is 4.20. The van der Waals surface area contributed by atoms with Crippen LogP contribution in [0, 0.1) is 6.92 Å². The molecule has 4 aromatic rings. The summed E-state index contributed by atoms with van der Waals surface area (Å²) in [5.74, 6) is -1.08. The molecule has 1 amide bonds. The number of carbonyl (C=O) groups excluding carboxylic acids is 1. The Labute approximate surface area is 190 Å². The Morgan fingerprint density at radius 2 is 1.88 bits per heavy atom. The van der Waals surface area contributed by atoms with Crippen LogP contribution in [-0.4, -0.2) is 21.8 Å². The van der Waals surface area contributed by atoms with Crippen molar-refractivity contribution in [3.63, 3.8) is 0 Å². The Kier molecular flexibility index (Phi) is 6.19. The summed E-state index contributed by atoms with van der Waals surface area (Å²) in [4.78, 5) is 30.4. The van der Waals surface area contributed by atoms with Crippen molar-refractivity contribution in [2.75, 3.05) is 5.32 Å². The minimum Gasteiger partial charge on any atom is -0.404 e. The van der Waals surface area contributed by atoms with E-state index in [2.05, 4.69) is 15.0 Å². The first kappa shape index (κ1) is 22.5. The van der Waals surface area contributed by atoms with Gasteiger partial charge in [-0.1, -0.05) is 42.0 Å². The molecule has 2 aromatic carbocycles. The molecule has 1 N–H and O–H groups in total. The highest BCUT2D eigenvalue weighted by molar-refractivity contribution is 7.17. The Hall–Kier alpha value is -3.66. The topological polar surface area (TPSA) is 73.2 Å². The van der Waals surface area contributed by atoms with E-state index in [1.165, 1.54) is 40.4 Å². The molecule has 0 atom stereocenters. The Morgan fingerprint density at radius 3 is 2.61 bits per heavy atom. The van der Waals surface area contributed by atoms with Gasteiger partial charge in [0, 0.05) is 23.9 Å². The predicted octanol–water partition coefficient (Wildman–Crippen LogP) is 5.36. The molecule has 4 rings (SSSR count). The molecule has 0 saturated heterocycles. The molecule has 0 fully saturated rings. The van der Waals surface area contributed by atoms with E-state index in [-0.39, 0.29) is 24.2 Å². The van der Waals surface area contributed by atoms with Crippen LogP contribution in [0.2, 0.25) is 0 Å². The number of ether oxygens (including phenoxy) is 1. The van der Waals surface area contributed by atoms with E-state index < -0.39 is 18.0 Å². The zero-order valence-corrected chi connectivity index (χ0v) is 18.2. The number of benzene rings is 2. The quantitative estimate of drug-likeness (QED) is 0.409. The summed E-state index contributed by atoms with van der Waals surface area (Å²) >= 11 is 1.36. The molecule has 2 aromatic heterocycles. The maximum atomic E-state index is 13.1. The summed E-state index contributed by atoms with van der Waals surface area (Å²) < 4.78 is 43.0. The van der Waals surface area contributed by atoms with Crippen molar-refractivity contribution < 1.29 is 22.7 Å². The number of hydrogen-bond donors (Lipinski definition) is 1. The van der Waals surface area contributed by atoms with Crippen molar-refractivity contribution in [2.45, 2.75) is 26.3 Å². The highest BCUT2D eigenvalue weighted by Gasteiger charge is 2.32. The van der Waals surface area contributed by atoms with Crippen LogP contribution in [-0.2, 0) is 11.3 Å². The van der Waals surface area contributed by atoms with Crippen LogP contribution in [0.25, 0.3) is 21.3 Å². The second-order valence-electron chi connectivity index (χ2n) is 7.28. The van der Waals surface area contributed by atoms with E-state index >= 15 is 0 Å². The number of aromatic nitrogens is 2. The molecule has 10 heteroatoms. The van der Waals surface area contributed by atoms with Crippen LogP contribution >= 0.6 is 11.3 Å². The molecule has 0 spiro atoms. The number of rotatable bonds is 6. The first-order valence-corrected chi connectivity index (χ1v) is 10.8. The molecule has 0 aliphatic rings. The Bertz CT molecular complexity index is 1360. The summed E-state index contributed by atoms with van der Waals surface area (Å²) in [6, 6.07) is 13.0. The number of para-hydroxylation sites is 2. The fourth-order valence-electron chi connectivity index (χ4n) is 3.29. The monoisotopic (exact) mass is 473 g/mol. The number of fused-ring (bicyclic) bond motifs is 1. The van der Waals surface area contributed by atoms with Gasteiger partial charge in [0.05, 0.1) is 17.4 Å². The number of nitrogens with zero attached hydrogens (tertiary/aromatic N) is 2. The van der Waals surface area contributed by atoms with Crippen LogP contribution in [0.3, 0.4) is 0 Å². The Morgan fingerprint density at radius 1 is 1.15 bits per heavy atom. The van der Waals surface area contributed by atoms with Gasteiger partial charge in [-0.15, -0.1) is 24.5 Å². The zero-order valence-electron chi connectivity index (χ0n) is 17.3. The van der Waals surface area contributed by atoms with Crippen molar-refractivity contribution in [3.8, 4) is 16.9 Å². The molecule has 2 heterocycles. The van der Waals surface area contributed by atoms with Gasteiger partial charge in [0.25, 0.3) is 5.56 Å². The summed E-state index contributed by atoms with van der Waals surface area (Å²) in [5.41, 5.74) is 2.36. The molecular formula is C23H18F3N3O3S. The third-order valence-electron chi connectivity index (χ3n) is 4.89. The first-order valence-electron chi connectivity index (χ1n) is 9.89. The van der Waals surface area contributed by atoms with Crippen molar-refractivity contribution in [3.05, 3.63) is 76.2 Å². The SMILES string of the molecule is Cc1ccc(-c2csc3ncn(CCC(=O)Nc4ccccc4OC(F)(F)F)c(=O)c23)cc1. The van der Waals surface area contributed by atoms with Crippen molar-refractivity contribution in [2.24, 2.45) is 0 Å². The number of thiophene rings is 1. The van der Waals surface area contributed by atoms with Crippen LogP contribution < -0.4 is 15.6 Å². The number of anilines is 1. The highest BCUT2D eigenvalue weighted by atomic mass is 32.1. The standard InChI is InChI=1S/C23H18F3N3O3S/c1-14-6-8-15(9-7-14)16-12-33-21-20(16)22(31)29(13-27-21)11-10-19(30)28-17-4-2-3-5-18(17)32-23(24,25)26/h2-9,12-13H,10-11H2,1H3,(H,28,30). The fraction of sp³-hybridized carbons (Fsp3) is 0.174. The van der Waals surface area contributed by atoms with E-state index in [1.54, 1.807) is 0 Å². The van der Waals surface area contributed by atoms with Gasteiger partial charge < -0.3 is 10.1 Å². The molecule has 0 aliphatic heterocycles.